The van der Waals surface area contributed by atoms with Gasteiger partial charge in [0.25, 0.3) is 0 Å². The first kappa shape index (κ1) is 17.5. The zero-order valence-corrected chi connectivity index (χ0v) is 16.4. The highest BCUT2D eigenvalue weighted by Gasteiger charge is 2.13. The number of anilines is 1. The zero-order valence-electron chi connectivity index (χ0n) is 16.4. The van der Waals surface area contributed by atoms with E-state index in [9.17, 15) is 0 Å². The smallest absolute Gasteiger partial charge is 0.180 e. The number of fused-ring (bicyclic) bond motifs is 2. The first-order valence-corrected chi connectivity index (χ1v) is 9.51. The van der Waals surface area contributed by atoms with E-state index in [-0.39, 0.29) is 0 Å². The van der Waals surface area contributed by atoms with Crippen LogP contribution in [0.25, 0.3) is 33.3 Å². The number of benzene rings is 1. The number of rotatable bonds is 5. The quantitative estimate of drug-likeness (QED) is 0.420. The number of H-pyrrole nitrogens is 2. The molecule has 29 heavy (non-hydrogen) atoms. The number of imidazole rings is 1. The van der Waals surface area contributed by atoms with E-state index < -0.39 is 0 Å². The first-order chi connectivity index (χ1) is 14.0. The fourth-order valence-electron chi connectivity index (χ4n) is 3.80. The number of pyridine rings is 1. The predicted molar refractivity (Wildman–Crippen MR) is 114 cm³/mol. The minimum Gasteiger partial charge on any atom is -0.468 e. The monoisotopic (exact) mass is 386 g/mol. The lowest BCUT2D eigenvalue weighted by molar-refractivity contribution is 0.288. The van der Waals surface area contributed by atoms with Crippen LogP contribution in [0.1, 0.15) is 17.1 Å². The van der Waals surface area contributed by atoms with Gasteiger partial charge in [0.05, 0.1) is 18.3 Å². The summed E-state index contributed by atoms with van der Waals surface area (Å²) in [5, 5.41) is 1.16. The summed E-state index contributed by atoms with van der Waals surface area (Å²) in [5.41, 5.74) is 11.8. The summed E-state index contributed by atoms with van der Waals surface area (Å²) in [7, 11) is 2.09. The molecular weight excluding hydrogens is 364 g/mol. The Morgan fingerprint density at radius 1 is 1.07 bits per heavy atom. The van der Waals surface area contributed by atoms with E-state index in [1.54, 1.807) is 6.26 Å². The van der Waals surface area contributed by atoms with Gasteiger partial charge < -0.3 is 20.1 Å². The van der Waals surface area contributed by atoms with Crippen molar-refractivity contribution >= 4 is 27.9 Å². The van der Waals surface area contributed by atoms with Crippen LogP contribution in [0.15, 0.2) is 53.1 Å². The lowest BCUT2D eigenvalue weighted by atomic mass is 10.1. The number of aromatic amines is 2. The fraction of sp³-hybridized carbons (Fsp3) is 0.182. The van der Waals surface area contributed by atoms with Crippen LogP contribution in [0.2, 0.25) is 0 Å². The summed E-state index contributed by atoms with van der Waals surface area (Å²) >= 11 is 0. The van der Waals surface area contributed by atoms with E-state index in [2.05, 4.69) is 56.1 Å². The van der Waals surface area contributed by atoms with Gasteiger partial charge >= 0.3 is 0 Å². The van der Waals surface area contributed by atoms with E-state index in [1.165, 1.54) is 5.56 Å². The molecule has 4 aromatic heterocycles. The average Bonchev–Trinajstić information content (AvgIpc) is 3.39. The van der Waals surface area contributed by atoms with Gasteiger partial charge in [0.1, 0.15) is 17.4 Å². The van der Waals surface area contributed by atoms with Crippen molar-refractivity contribution in [1.82, 2.24) is 24.8 Å². The Bertz CT molecular complexity index is 1300. The van der Waals surface area contributed by atoms with Gasteiger partial charge in [-0.15, -0.1) is 0 Å². The third-order valence-electron chi connectivity index (χ3n) is 5.03. The van der Waals surface area contributed by atoms with Crippen molar-refractivity contribution in [3.8, 4) is 11.3 Å². The molecular formula is C22H22N6O. The number of aryl methyl sites for hydroxylation is 1. The number of nitrogens with two attached hydrogens (primary N) is 1. The summed E-state index contributed by atoms with van der Waals surface area (Å²) in [6, 6.07) is 14.4. The fourth-order valence-corrected chi connectivity index (χ4v) is 3.80. The van der Waals surface area contributed by atoms with E-state index in [0.29, 0.717) is 11.5 Å². The molecule has 0 saturated carbocycles. The molecule has 0 radical (unpaired) electrons. The minimum atomic E-state index is 0.456. The number of furan rings is 1. The molecule has 0 amide bonds. The molecule has 4 heterocycles. The number of nitrogens with zero attached hydrogens (tertiary/aromatic N) is 3. The summed E-state index contributed by atoms with van der Waals surface area (Å²) in [4.78, 5) is 17.8. The van der Waals surface area contributed by atoms with Gasteiger partial charge in [0, 0.05) is 28.7 Å². The Kier molecular flexibility index (Phi) is 4.10. The summed E-state index contributed by atoms with van der Waals surface area (Å²) in [5.74, 6) is 2.24. The van der Waals surface area contributed by atoms with Crippen molar-refractivity contribution in [3.05, 3.63) is 65.9 Å². The van der Waals surface area contributed by atoms with Crippen LogP contribution in [0.5, 0.6) is 0 Å². The van der Waals surface area contributed by atoms with Gasteiger partial charge in [-0.3, -0.25) is 4.90 Å². The zero-order chi connectivity index (χ0) is 20.0. The second kappa shape index (κ2) is 6.79. The van der Waals surface area contributed by atoms with Crippen molar-refractivity contribution in [1.29, 1.82) is 0 Å². The van der Waals surface area contributed by atoms with Crippen LogP contribution in [-0.4, -0.2) is 31.9 Å². The van der Waals surface area contributed by atoms with Crippen molar-refractivity contribution in [2.24, 2.45) is 0 Å². The molecule has 0 aliphatic heterocycles. The normalized spacial score (nSPS) is 11.8. The number of nitrogens with one attached hydrogen (secondary N) is 2. The molecule has 0 aliphatic carbocycles. The van der Waals surface area contributed by atoms with Gasteiger partial charge in [-0.25, -0.2) is 9.97 Å². The van der Waals surface area contributed by atoms with E-state index in [1.807, 2.05) is 25.1 Å². The molecule has 4 N–H and O–H groups in total. The van der Waals surface area contributed by atoms with Crippen LogP contribution < -0.4 is 5.73 Å². The third kappa shape index (κ3) is 3.36. The van der Waals surface area contributed by atoms with Gasteiger partial charge in [-0.2, -0.15) is 0 Å². The molecule has 5 aromatic rings. The molecule has 0 aliphatic rings. The summed E-state index contributed by atoms with van der Waals surface area (Å²) in [6.07, 6.45) is 1.71. The Balaban J connectivity index is 1.47. The lowest BCUT2D eigenvalue weighted by Gasteiger charge is -2.15. The maximum absolute atomic E-state index is 6.01. The Labute approximate surface area is 167 Å². The molecule has 7 heteroatoms. The highest BCUT2D eigenvalue weighted by molar-refractivity contribution is 5.95. The SMILES string of the molecule is Cc1nc2nc(N)cc(-c3cc4cc(CN(C)Cc5ccco5)ccc4[nH]3)c2[nH]1. The second-order valence-electron chi connectivity index (χ2n) is 7.47. The standard InChI is InChI=1S/C22H22N6O/c1-13-24-21-17(10-20(23)27-22(21)25-13)19-9-15-8-14(5-6-18(15)26-19)11-28(2)12-16-4-3-7-29-16/h3-10,26H,11-12H2,1-2H3,(H3,23,24,25,27). The Hall–Kier alpha value is -3.58. The van der Waals surface area contributed by atoms with Crippen LogP contribution in [0.3, 0.4) is 0 Å². The summed E-state index contributed by atoms with van der Waals surface area (Å²) < 4.78 is 5.44. The van der Waals surface area contributed by atoms with E-state index in [4.69, 9.17) is 10.2 Å². The largest absolute Gasteiger partial charge is 0.468 e. The molecule has 0 saturated heterocycles. The van der Waals surface area contributed by atoms with Crippen molar-refractivity contribution in [2.75, 3.05) is 12.8 Å². The van der Waals surface area contributed by atoms with Gasteiger partial charge in [-0.1, -0.05) is 6.07 Å². The van der Waals surface area contributed by atoms with Gasteiger partial charge in [0.15, 0.2) is 5.65 Å². The number of hydrogen-bond acceptors (Lipinski definition) is 5. The van der Waals surface area contributed by atoms with Gasteiger partial charge in [-0.05, 0) is 55.9 Å². The molecule has 146 valence electrons. The molecule has 5 rings (SSSR count). The molecule has 7 nitrogen and oxygen atoms in total. The second-order valence-corrected chi connectivity index (χ2v) is 7.47. The van der Waals surface area contributed by atoms with E-state index >= 15 is 0 Å². The van der Waals surface area contributed by atoms with Gasteiger partial charge in [0.2, 0.25) is 0 Å². The number of hydrogen-bond donors (Lipinski definition) is 3. The molecule has 0 bridgehead atoms. The van der Waals surface area contributed by atoms with Crippen LogP contribution >= 0.6 is 0 Å². The maximum atomic E-state index is 6.01. The number of nitrogen functional groups attached to an aromatic ring is 1. The minimum absolute atomic E-state index is 0.456. The molecule has 0 unspecified atom stereocenters. The van der Waals surface area contributed by atoms with E-state index in [0.717, 1.165) is 52.4 Å². The topological polar surface area (TPSA) is 99.8 Å². The third-order valence-corrected chi connectivity index (χ3v) is 5.03. The average molecular weight is 386 g/mol. The molecule has 1 aromatic carbocycles. The highest BCUT2D eigenvalue weighted by atomic mass is 16.3. The molecule has 0 atom stereocenters. The lowest BCUT2D eigenvalue weighted by Crippen LogP contribution is -2.16. The Morgan fingerprint density at radius 3 is 2.79 bits per heavy atom. The number of aromatic nitrogens is 4. The first-order valence-electron chi connectivity index (χ1n) is 9.51. The molecule has 0 fully saturated rings. The molecule has 0 spiro atoms. The predicted octanol–water partition coefficient (Wildman–Crippen LogP) is 4.22. The summed E-state index contributed by atoms with van der Waals surface area (Å²) in [6.45, 7) is 3.53. The maximum Gasteiger partial charge on any atom is 0.180 e. The van der Waals surface area contributed by atoms with Crippen LogP contribution in [0.4, 0.5) is 5.82 Å². The van der Waals surface area contributed by atoms with Crippen molar-refractivity contribution in [2.45, 2.75) is 20.0 Å². The highest BCUT2D eigenvalue weighted by Crippen LogP contribution is 2.30. The van der Waals surface area contributed by atoms with Crippen molar-refractivity contribution < 1.29 is 4.42 Å². The van der Waals surface area contributed by atoms with Crippen LogP contribution in [0, 0.1) is 6.92 Å². The van der Waals surface area contributed by atoms with Crippen LogP contribution in [-0.2, 0) is 13.1 Å². The Morgan fingerprint density at radius 2 is 1.97 bits per heavy atom. The van der Waals surface area contributed by atoms with Crippen molar-refractivity contribution in [3.63, 3.8) is 0 Å².